The minimum atomic E-state index is -0.216. The molecule has 0 aliphatic heterocycles. The van der Waals surface area contributed by atoms with Crippen molar-refractivity contribution in [3.8, 4) is 5.75 Å². The molecule has 4 nitrogen and oxygen atoms in total. The number of hydrogen-bond acceptors (Lipinski definition) is 3. The Bertz CT molecular complexity index is 703. The van der Waals surface area contributed by atoms with Crippen molar-refractivity contribution in [1.29, 1.82) is 0 Å². The number of aromatic amines is 1. The Kier molecular flexibility index (Phi) is 4.53. The molecule has 22 heavy (non-hydrogen) atoms. The first-order chi connectivity index (χ1) is 10.7. The summed E-state index contributed by atoms with van der Waals surface area (Å²) in [4.78, 5) is 15.0. The molecule has 5 heteroatoms. The normalized spacial score (nSPS) is 14.7. The van der Waals surface area contributed by atoms with Crippen LogP contribution in [0.2, 0.25) is 0 Å². The molecule has 1 heterocycles. The number of aromatic nitrogens is 1. The predicted octanol–water partition coefficient (Wildman–Crippen LogP) is 4.32. The van der Waals surface area contributed by atoms with Gasteiger partial charge in [-0.3, -0.25) is 4.79 Å². The molecule has 0 radical (unpaired) electrons. The highest BCUT2D eigenvalue weighted by molar-refractivity contribution is 7.71. The lowest BCUT2D eigenvalue weighted by Gasteiger charge is -2.13. The van der Waals surface area contributed by atoms with Crippen molar-refractivity contribution < 1.29 is 9.53 Å². The van der Waals surface area contributed by atoms with Gasteiger partial charge in [-0.1, -0.05) is 12.2 Å². The van der Waals surface area contributed by atoms with Gasteiger partial charge in [-0.2, -0.15) is 0 Å². The molecule has 0 spiro atoms. The van der Waals surface area contributed by atoms with E-state index in [4.69, 9.17) is 17.0 Å². The van der Waals surface area contributed by atoms with Crippen molar-refractivity contribution >= 4 is 23.8 Å². The summed E-state index contributed by atoms with van der Waals surface area (Å²) in [5, 5.41) is 2.84. The number of pyridine rings is 1. The van der Waals surface area contributed by atoms with Crippen LogP contribution in [0.5, 0.6) is 5.75 Å². The fourth-order valence-corrected chi connectivity index (χ4v) is 2.84. The Morgan fingerprint density at radius 2 is 1.91 bits per heavy atom. The van der Waals surface area contributed by atoms with E-state index >= 15 is 0 Å². The highest BCUT2D eigenvalue weighted by atomic mass is 32.1. The summed E-state index contributed by atoms with van der Waals surface area (Å²) in [6.45, 7) is 0. The number of rotatable bonds is 4. The minimum absolute atomic E-state index is 0.216. The third-order valence-corrected chi connectivity index (χ3v) is 4.12. The number of ether oxygens (including phenoxy) is 1. The third-order valence-electron chi connectivity index (χ3n) is 3.78. The maximum atomic E-state index is 12.2. The number of carbonyl (C=O) groups is 1. The molecule has 2 N–H and O–H groups in total. The Hall–Kier alpha value is -2.14. The van der Waals surface area contributed by atoms with Crippen molar-refractivity contribution in [3.05, 3.63) is 52.8 Å². The van der Waals surface area contributed by atoms with Crippen LogP contribution in [0.15, 0.2) is 42.6 Å². The Morgan fingerprint density at radius 3 is 2.59 bits per heavy atom. The van der Waals surface area contributed by atoms with Crippen LogP contribution in [-0.2, 0) is 0 Å². The van der Waals surface area contributed by atoms with Gasteiger partial charge in [0.2, 0.25) is 0 Å². The van der Waals surface area contributed by atoms with Crippen LogP contribution in [0.4, 0.5) is 5.69 Å². The van der Waals surface area contributed by atoms with E-state index < -0.39 is 0 Å². The van der Waals surface area contributed by atoms with Crippen LogP contribution >= 0.6 is 12.2 Å². The van der Waals surface area contributed by atoms with Gasteiger partial charge in [0.25, 0.3) is 5.91 Å². The highest BCUT2D eigenvalue weighted by Crippen LogP contribution is 2.25. The van der Waals surface area contributed by atoms with Crippen LogP contribution in [-0.4, -0.2) is 17.0 Å². The number of anilines is 1. The number of hydrogen-bond donors (Lipinski definition) is 2. The van der Waals surface area contributed by atoms with Gasteiger partial charge in [-0.15, -0.1) is 0 Å². The van der Waals surface area contributed by atoms with Gasteiger partial charge in [0.1, 0.15) is 10.4 Å². The predicted molar refractivity (Wildman–Crippen MR) is 88.9 cm³/mol. The smallest absolute Gasteiger partial charge is 0.258 e. The molecular weight excluding hydrogens is 296 g/mol. The summed E-state index contributed by atoms with van der Waals surface area (Å²) in [6, 6.07) is 10.9. The quantitative estimate of drug-likeness (QED) is 0.826. The minimum Gasteiger partial charge on any atom is -0.490 e. The van der Waals surface area contributed by atoms with E-state index in [1.165, 1.54) is 12.8 Å². The maximum Gasteiger partial charge on any atom is 0.258 e. The first-order valence-electron chi connectivity index (χ1n) is 7.48. The molecule has 1 fully saturated rings. The Labute approximate surface area is 134 Å². The van der Waals surface area contributed by atoms with Crippen LogP contribution < -0.4 is 10.1 Å². The number of carbonyl (C=O) groups excluding carboxylic acids is 1. The Morgan fingerprint density at radius 1 is 1.18 bits per heavy atom. The zero-order valence-electron chi connectivity index (χ0n) is 12.2. The standard InChI is InChI=1S/C17H18N2O2S/c20-16(15-6-3-11-18-17(15)22)19-12-7-9-14(10-8-12)21-13-4-1-2-5-13/h3,6-11,13H,1-2,4-5H2,(H,18,22)(H,19,20). The molecule has 1 aromatic carbocycles. The van der Waals surface area contributed by atoms with Gasteiger partial charge >= 0.3 is 0 Å². The second-order valence-electron chi connectivity index (χ2n) is 5.42. The number of H-pyrrole nitrogens is 1. The molecule has 1 aliphatic carbocycles. The summed E-state index contributed by atoms with van der Waals surface area (Å²) in [5.41, 5.74) is 1.19. The lowest BCUT2D eigenvalue weighted by molar-refractivity contribution is 0.102. The Balaban J connectivity index is 1.64. The van der Waals surface area contributed by atoms with E-state index in [0.29, 0.717) is 16.3 Å². The van der Waals surface area contributed by atoms with E-state index in [-0.39, 0.29) is 5.91 Å². The van der Waals surface area contributed by atoms with Crippen LogP contribution in [0, 0.1) is 4.64 Å². The first-order valence-corrected chi connectivity index (χ1v) is 7.89. The van der Waals surface area contributed by atoms with Crippen LogP contribution in [0.3, 0.4) is 0 Å². The lowest BCUT2D eigenvalue weighted by atomic mass is 10.2. The average molecular weight is 314 g/mol. The largest absolute Gasteiger partial charge is 0.490 e. The van der Waals surface area contributed by atoms with Gasteiger partial charge in [0.15, 0.2) is 0 Å². The first kappa shape index (κ1) is 14.8. The molecule has 3 rings (SSSR count). The van der Waals surface area contributed by atoms with E-state index in [0.717, 1.165) is 24.3 Å². The lowest BCUT2D eigenvalue weighted by Crippen LogP contribution is -2.13. The van der Waals surface area contributed by atoms with Crippen LogP contribution in [0.1, 0.15) is 36.0 Å². The summed E-state index contributed by atoms with van der Waals surface area (Å²) >= 11 is 5.11. The number of amides is 1. The van der Waals surface area contributed by atoms with Gasteiger partial charge in [-0.05, 0) is 62.1 Å². The van der Waals surface area contributed by atoms with E-state index in [1.54, 1.807) is 18.3 Å². The zero-order valence-corrected chi connectivity index (χ0v) is 13.0. The van der Waals surface area contributed by atoms with Crippen molar-refractivity contribution in [3.63, 3.8) is 0 Å². The molecule has 1 amide bonds. The molecule has 1 saturated carbocycles. The summed E-state index contributed by atoms with van der Waals surface area (Å²) < 4.78 is 6.34. The molecule has 0 atom stereocenters. The number of benzene rings is 1. The molecule has 2 aromatic rings. The topological polar surface area (TPSA) is 54.1 Å². The molecule has 0 saturated heterocycles. The van der Waals surface area contributed by atoms with E-state index in [1.807, 2.05) is 24.3 Å². The fraction of sp³-hybridized carbons (Fsp3) is 0.294. The second-order valence-corrected chi connectivity index (χ2v) is 5.82. The molecule has 0 unspecified atom stereocenters. The van der Waals surface area contributed by atoms with Crippen LogP contribution in [0.25, 0.3) is 0 Å². The SMILES string of the molecule is O=C(Nc1ccc(OC2CCCC2)cc1)c1ccc[nH]c1=S. The molecule has 114 valence electrons. The molecular formula is C17H18N2O2S. The van der Waals surface area contributed by atoms with Gasteiger partial charge in [-0.25, -0.2) is 0 Å². The summed E-state index contributed by atoms with van der Waals surface area (Å²) in [5.74, 6) is 0.633. The van der Waals surface area contributed by atoms with E-state index in [9.17, 15) is 4.79 Å². The van der Waals surface area contributed by atoms with Crippen molar-refractivity contribution in [2.24, 2.45) is 0 Å². The molecule has 1 aromatic heterocycles. The number of nitrogens with one attached hydrogen (secondary N) is 2. The van der Waals surface area contributed by atoms with Crippen molar-refractivity contribution in [1.82, 2.24) is 4.98 Å². The molecule has 1 aliphatic rings. The van der Waals surface area contributed by atoms with Gasteiger partial charge < -0.3 is 15.0 Å². The molecule has 0 bridgehead atoms. The van der Waals surface area contributed by atoms with Crippen molar-refractivity contribution in [2.45, 2.75) is 31.8 Å². The summed E-state index contributed by atoms with van der Waals surface area (Å²) in [6.07, 6.45) is 6.79. The van der Waals surface area contributed by atoms with E-state index in [2.05, 4.69) is 10.3 Å². The van der Waals surface area contributed by atoms with Crippen molar-refractivity contribution in [2.75, 3.05) is 5.32 Å². The maximum absolute atomic E-state index is 12.2. The monoisotopic (exact) mass is 314 g/mol. The van der Waals surface area contributed by atoms with Gasteiger partial charge in [0, 0.05) is 11.9 Å². The summed E-state index contributed by atoms with van der Waals surface area (Å²) in [7, 11) is 0. The van der Waals surface area contributed by atoms with Gasteiger partial charge in [0.05, 0.1) is 11.7 Å². The highest BCUT2D eigenvalue weighted by Gasteiger charge is 2.16. The third kappa shape index (κ3) is 3.54. The average Bonchev–Trinajstić information content (AvgIpc) is 3.02. The fourth-order valence-electron chi connectivity index (χ4n) is 2.61. The zero-order chi connectivity index (χ0) is 15.4. The second kappa shape index (κ2) is 6.75.